The molecule has 1 spiro atoms. The van der Waals surface area contributed by atoms with E-state index in [1.807, 2.05) is 0 Å². The molecule has 0 saturated carbocycles. The first kappa shape index (κ1) is 23.5. The third-order valence-corrected chi connectivity index (χ3v) is 7.21. The minimum Gasteiger partial charge on any atom is -0.355 e. The van der Waals surface area contributed by atoms with Gasteiger partial charge in [0.1, 0.15) is 5.82 Å². The Morgan fingerprint density at radius 3 is 2.36 bits per heavy atom. The highest BCUT2D eigenvalue weighted by atomic mass is 35.5. The van der Waals surface area contributed by atoms with Gasteiger partial charge >= 0.3 is 6.18 Å². The minimum absolute atomic E-state index is 0.0497. The number of nitrogens with one attached hydrogen (secondary N) is 1. The number of nitrogens with zero attached hydrogens (tertiary/aromatic N) is 1. The molecule has 2 aromatic carbocycles. The van der Waals surface area contributed by atoms with Crippen LogP contribution in [0.4, 0.5) is 17.6 Å². The van der Waals surface area contributed by atoms with Gasteiger partial charge in [-0.05, 0) is 36.0 Å². The number of benzene rings is 2. The molecule has 2 amide bonds. The van der Waals surface area contributed by atoms with Crippen molar-refractivity contribution >= 4 is 23.4 Å². The number of halogens is 5. The smallest absolute Gasteiger partial charge is 0.355 e. The van der Waals surface area contributed by atoms with E-state index in [2.05, 4.69) is 5.32 Å². The lowest BCUT2D eigenvalue weighted by atomic mass is 9.62. The summed E-state index contributed by atoms with van der Waals surface area (Å²) in [5.74, 6) is -4.38. The van der Waals surface area contributed by atoms with Gasteiger partial charge in [-0.25, -0.2) is 4.39 Å². The largest absolute Gasteiger partial charge is 0.404 e. The van der Waals surface area contributed by atoms with E-state index in [0.29, 0.717) is 5.56 Å². The van der Waals surface area contributed by atoms with Crippen LogP contribution in [0.2, 0.25) is 5.02 Å². The number of hydrogen-bond acceptors (Lipinski definition) is 2. The second kappa shape index (κ2) is 8.97. The van der Waals surface area contributed by atoms with Crippen LogP contribution in [0.3, 0.4) is 0 Å². The van der Waals surface area contributed by atoms with Gasteiger partial charge in [0, 0.05) is 42.6 Å². The van der Waals surface area contributed by atoms with Crippen molar-refractivity contribution in [3.63, 3.8) is 0 Å². The van der Waals surface area contributed by atoms with Crippen molar-refractivity contribution in [2.45, 2.75) is 37.3 Å². The molecule has 2 aliphatic heterocycles. The van der Waals surface area contributed by atoms with Crippen molar-refractivity contribution in [2.75, 3.05) is 19.6 Å². The van der Waals surface area contributed by atoms with Crippen LogP contribution in [0.15, 0.2) is 48.5 Å². The number of amides is 2. The predicted octanol–water partition coefficient (Wildman–Crippen LogP) is 5.04. The van der Waals surface area contributed by atoms with Crippen LogP contribution in [0.25, 0.3) is 0 Å². The normalized spacial score (nSPS) is 21.5. The van der Waals surface area contributed by atoms with Gasteiger partial charge in [0.05, 0.1) is 0 Å². The van der Waals surface area contributed by atoms with Crippen molar-refractivity contribution < 1.29 is 27.2 Å². The fourth-order valence-corrected chi connectivity index (χ4v) is 5.48. The molecule has 2 atom stereocenters. The SMILES string of the molecule is O=C1CC2(CCN(C(=O)C(c3ccccc3)C(F)(F)F)CC2)C(c2c(F)cccc2Cl)CN1. The van der Waals surface area contributed by atoms with Gasteiger partial charge in [0.25, 0.3) is 0 Å². The van der Waals surface area contributed by atoms with Crippen molar-refractivity contribution in [3.8, 4) is 0 Å². The molecule has 2 aliphatic rings. The van der Waals surface area contributed by atoms with Crippen molar-refractivity contribution in [1.29, 1.82) is 0 Å². The average Bonchev–Trinajstić information content (AvgIpc) is 2.75. The molecule has 4 rings (SSSR count). The summed E-state index contributed by atoms with van der Waals surface area (Å²) in [7, 11) is 0. The number of rotatable bonds is 3. The maximum atomic E-state index is 14.7. The maximum Gasteiger partial charge on any atom is 0.404 e. The first-order chi connectivity index (χ1) is 15.6. The summed E-state index contributed by atoms with van der Waals surface area (Å²) in [5.41, 5.74) is -0.495. The zero-order valence-corrected chi connectivity index (χ0v) is 18.4. The summed E-state index contributed by atoms with van der Waals surface area (Å²) in [6.45, 7) is 0.283. The van der Waals surface area contributed by atoms with E-state index in [1.165, 1.54) is 41.3 Å². The van der Waals surface area contributed by atoms with E-state index < -0.39 is 35.2 Å². The third-order valence-electron chi connectivity index (χ3n) is 6.88. The van der Waals surface area contributed by atoms with Gasteiger partial charge in [-0.2, -0.15) is 13.2 Å². The first-order valence-electron chi connectivity index (χ1n) is 10.7. The highest BCUT2D eigenvalue weighted by Gasteiger charge is 2.51. The molecule has 2 aromatic rings. The van der Waals surface area contributed by atoms with Crippen molar-refractivity contribution in [2.24, 2.45) is 5.41 Å². The summed E-state index contributed by atoms with van der Waals surface area (Å²) in [4.78, 5) is 26.5. The van der Waals surface area contributed by atoms with Gasteiger partial charge in [-0.15, -0.1) is 0 Å². The molecule has 2 fully saturated rings. The van der Waals surface area contributed by atoms with Crippen LogP contribution >= 0.6 is 11.6 Å². The number of piperidine rings is 2. The van der Waals surface area contributed by atoms with Crippen LogP contribution < -0.4 is 5.32 Å². The molecular weight excluding hydrogens is 460 g/mol. The molecule has 33 heavy (non-hydrogen) atoms. The molecule has 2 unspecified atom stereocenters. The summed E-state index contributed by atoms with van der Waals surface area (Å²) >= 11 is 6.30. The number of carbonyl (C=O) groups is 2. The van der Waals surface area contributed by atoms with E-state index in [9.17, 15) is 27.2 Å². The Hall–Kier alpha value is -2.61. The Balaban J connectivity index is 1.59. The van der Waals surface area contributed by atoms with E-state index >= 15 is 0 Å². The highest BCUT2D eigenvalue weighted by Crippen LogP contribution is 2.51. The molecular formula is C24H23ClF4N2O2. The van der Waals surface area contributed by atoms with Gasteiger partial charge in [0.2, 0.25) is 11.8 Å². The minimum atomic E-state index is -4.73. The lowest BCUT2D eigenvalue weighted by Crippen LogP contribution is -2.54. The van der Waals surface area contributed by atoms with Crippen LogP contribution in [0.5, 0.6) is 0 Å². The molecule has 0 bridgehead atoms. The number of likely N-dealkylation sites (tertiary alicyclic amines) is 1. The van der Waals surface area contributed by atoms with Crippen LogP contribution in [0.1, 0.15) is 42.2 Å². The Morgan fingerprint density at radius 1 is 1.09 bits per heavy atom. The lowest BCUT2D eigenvalue weighted by molar-refractivity contribution is -0.173. The zero-order valence-electron chi connectivity index (χ0n) is 17.7. The summed E-state index contributed by atoms with van der Waals surface area (Å²) in [5, 5.41) is 3.00. The molecule has 4 nitrogen and oxygen atoms in total. The maximum absolute atomic E-state index is 14.7. The number of hydrogen-bond donors (Lipinski definition) is 1. The van der Waals surface area contributed by atoms with Gasteiger partial charge in [-0.1, -0.05) is 48.0 Å². The fourth-order valence-electron chi connectivity index (χ4n) is 5.19. The Bertz CT molecular complexity index is 1020. The summed E-state index contributed by atoms with van der Waals surface area (Å²) < 4.78 is 56.2. The molecule has 0 aliphatic carbocycles. The standard InChI is InChI=1S/C24H23ClF4N2O2/c25-17-7-4-8-18(26)20(17)16-14-30-19(32)13-23(16)9-11-31(12-10-23)22(33)21(24(27,28)29)15-5-2-1-3-6-15/h1-8,16,21H,9-14H2,(H,30,32). The van der Waals surface area contributed by atoms with Crippen LogP contribution in [-0.2, 0) is 9.59 Å². The summed E-state index contributed by atoms with van der Waals surface area (Å²) in [6.07, 6.45) is -4.07. The average molecular weight is 483 g/mol. The summed E-state index contributed by atoms with van der Waals surface area (Å²) in [6, 6.07) is 11.5. The third kappa shape index (κ3) is 4.58. The highest BCUT2D eigenvalue weighted by molar-refractivity contribution is 6.31. The molecule has 176 valence electrons. The second-order valence-electron chi connectivity index (χ2n) is 8.74. The molecule has 0 radical (unpaired) electrons. The monoisotopic (exact) mass is 482 g/mol. The van der Waals surface area contributed by atoms with Gasteiger partial charge < -0.3 is 10.2 Å². The van der Waals surface area contributed by atoms with Crippen molar-refractivity contribution in [1.82, 2.24) is 10.2 Å². The van der Waals surface area contributed by atoms with E-state index in [4.69, 9.17) is 11.6 Å². The topological polar surface area (TPSA) is 49.4 Å². The van der Waals surface area contributed by atoms with E-state index in [1.54, 1.807) is 12.1 Å². The molecule has 2 heterocycles. The number of carbonyl (C=O) groups excluding carboxylic acids is 2. The quantitative estimate of drug-likeness (QED) is 0.623. The lowest BCUT2D eigenvalue weighted by Gasteiger charge is -2.49. The van der Waals surface area contributed by atoms with Gasteiger partial charge in [-0.3, -0.25) is 9.59 Å². The molecule has 9 heteroatoms. The zero-order chi connectivity index (χ0) is 23.8. The Labute approximate surface area is 193 Å². The van der Waals surface area contributed by atoms with Crippen LogP contribution in [0, 0.1) is 11.2 Å². The predicted molar refractivity (Wildman–Crippen MR) is 115 cm³/mol. The second-order valence-corrected chi connectivity index (χ2v) is 9.15. The van der Waals surface area contributed by atoms with E-state index in [0.717, 1.165) is 0 Å². The van der Waals surface area contributed by atoms with Gasteiger partial charge in [0.15, 0.2) is 5.92 Å². The Kier molecular flexibility index (Phi) is 6.40. The van der Waals surface area contributed by atoms with Crippen molar-refractivity contribution in [3.05, 3.63) is 70.5 Å². The molecule has 1 N–H and O–H groups in total. The molecule has 0 aromatic heterocycles. The first-order valence-corrected chi connectivity index (χ1v) is 11.1. The Morgan fingerprint density at radius 2 is 1.76 bits per heavy atom. The number of alkyl halides is 3. The van der Waals surface area contributed by atoms with E-state index in [-0.39, 0.29) is 55.4 Å². The molecule has 2 saturated heterocycles. The van der Waals surface area contributed by atoms with Crippen LogP contribution in [-0.4, -0.2) is 42.5 Å². The fraction of sp³-hybridized carbons (Fsp3) is 0.417.